The molecule has 0 saturated carbocycles. The van der Waals surface area contributed by atoms with E-state index in [-0.39, 0.29) is 64.2 Å². The van der Waals surface area contributed by atoms with E-state index in [0.29, 0.717) is 22.1 Å². The fraction of sp³-hybridized carbons (Fsp3) is 0.0625. The third-order valence-corrected chi connectivity index (χ3v) is 4.83. The maximum Gasteiger partial charge on any atom is 1.00 e. The van der Waals surface area contributed by atoms with Crippen molar-refractivity contribution in [1.82, 2.24) is 10.0 Å². The molecule has 0 spiro atoms. The molecule has 2 aliphatic rings. The Labute approximate surface area is 201 Å². The molecule has 0 fully saturated rings. The van der Waals surface area contributed by atoms with Gasteiger partial charge in [0.25, 0.3) is 0 Å². The van der Waals surface area contributed by atoms with Crippen LogP contribution in [0.5, 0.6) is 11.5 Å². The van der Waals surface area contributed by atoms with Crippen molar-refractivity contribution in [2.24, 2.45) is 9.98 Å². The molecule has 27 heavy (non-hydrogen) atoms. The van der Waals surface area contributed by atoms with Crippen LogP contribution in [-0.2, 0) is 0 Å². The Balaban J connectivity index is 0.00000140. The van der Waals surface area contributed by atoms with Gasteiger partial charge in [-0.1, -0.05) is 11.8 Å². The van der Waals surface area contributed by atoms with Gasteiger partial charge < -0.3 is 6.16 Å². The zero-order valence-electron chi connectivity index (χ0n) is 15.1. The Morgan fingerprint density at radius 1 is 1.37 bits per heavy atom. The Bertz CT molecular complexity index is 973. The normalized spacial score (nSPS) is 17.5. The number of pyridine rings is 1. The topological polar surface area (TPSA) is 113 Å². The molecule has 2 aromatic rings. The van der Waals surface area contributed by atoms with Gasteiger partial charge in [-0.25, -0.2) is 15.0 Å². The number of nitrogens with zero attached hydrogens (tertiary/aromatic N) is 5. The minimum atomic E-state index is -0.511. The summed E-state index contributed by atoms with van der Waals surface area (Å²) < 4.78 is 5.57. The second-order valence-corrected chi connectivity index (χ2v) is 6.39. The fourth-order valence-electron chi connectivity index (χ4n) is 2.43. The van der Waals surface area contributed by atoms with Crippen molar-refractivity contribution in [3.8, 4) is 11.5 Å². The van der Waals surface area contributed by atoms with Crippen LogP contribution in [0.15, 0.2) is 64.6 Å². The van der Waals surface area contributed by atoms with Crippen LogP contribution in [-0.4, -0.2) is 36.9 Å². The molecule has 1 N–H and O–H groups in total. The van der Waals surface area contributed by atoms with E-state index in [9.17, 15) is 15.3 Å². The van der Waals surface area contributed by atoms with Crippen LogP contribution in [0.3, 0.4) is 0 Å². The van der Waals surface area contributed by atoms with Gasteiger partial charge in [0.2, 0.25) is 5.75 Å². The maximum absolute atomic E-state index is 11.5. The number of rotatable bonds is 4. The molecule has 4 rings (SSSR count). The number of benzene rings is 1. The largest absolute Gasteiger partial charge is 1.00 e. The molecule has 1 unspecified atom stereocenters. The number of hydroxylamine groups is 2. The summed E-state index contributed by atoms with van der Waals surface area (Å²) in [6, 6.07) is 7.95. The first-order valence-corrected chi connectivity index (χ1v) is 8.32. The van der Waals surface area contributed by atoms with E-state index >= 15 is 0 Å². The minimum Gasteiger partial charge on any atom is -1.00 e. The number of fused-ring (bicyclic) bond motifs is 1. The van der Waals surface area contributed by atoms with E-state index in [1.54, 1.807) is 30.6 Å². The molecule has 11 heteroatoms. The molecule has 2 aliphatic heterocycles. The number of hydrogen-bond acceptors (Lipinski definition) is 9. The number of hydrogen-bond donors (Lipinski definition) is 1. The molecule has 1 atom stereocenters. The summed E-state index contributed by atoms with van der Waals surface area (Å²) in [6.07, 6.45) is 5.89. The molecule has 0 amide bonds. The Kier molecular flexibility index (Phi) is 6.42. The Morgan fingerprint density at radius 3 is 2.93 bits per heavy atom. The summed E-state index contributed by atoms with van der Waals surface area (Å²) in [7, 11) is 0. The van der Waals surface area contributed by atoms with E-state index in [1.807, 2.05) is 0 Å². The van der Waals surface area contributed by atoms with Crippen molar-refractivity contribution >= 4 is 28.8 Å². The zero-order valence-corrected chi connectivity index (χ0v) is 18.0. The molecular weight excluding hydrogens is 397 g/mol. The van der Waals surface area contributed by atoms with Crippen LogP contribution in [0.2, 0.25) is 0 Å². The van der Waals surface area contributed by atoms with Crippen molar-refractivity contribution in [2.75, 3.05) is 0 Å². The number of aromatic nitrogens is 1. The number of nitro benzene ring substituents is 1. The minimum absolute atomic E-state index is 0. The van der Waals surface area contributed by atoms with Crippen molar-refractivity contribution < 1.29 is 67.7 Å². The quantitative estimate of drug-likeness (QED) is 0.439. The van der Waals surface area contributed by atoms with Gasteiger partial charge in [-0.3, -0.25) is 20.3 Å². The first kappa shape index (κ1) is 20.1. The van der Waals surface area contributed by atoms with Crippen LogP contribution in [0, 0.1) is 10.1 Å². The van der Waals surface area contributed by atoms with Gasteiger partial charge in [-0.15, -0.1) is 0 Å². The van der Waals surface area contributed by atoms with E-state index in [1.165, 1.54) is 36.4 Å². The molecule has 0 radical (unpaired) electrons. The van der Waals surface area contributed by atoms with Crippen molar-refractivity contribution in [2.45, 2.75) is 5.37 Å². The summed E-state index contributed by atoms with van der Waals surface area (Å²) in [6.45, 7) is 0. The predicted octanol–water partition coefficient (Wildman–Crippen LogP) is 0.293. The van der Waals surface area contributed by atoms with Gasteiger partial charge in [0.15, 0.2) is 5.37 Å². The second-order valence-electron chi connectivity index (χ2n) is 5.32. The van der Waals surface area contributed by atoms with Crippen molar-refractivity contribution in [1.29, 1.82) is 0 Å². The summed E-state index contributed by atoms with van der Waals surface area (Å²) in [5, 5.41) is 22.4. The van der Waals surface area contributed by atoms with Gasteiger partial charge in [-0.05, 0) is 24.3 Å². The summed E-state index contributed by atoms with van der Waals surface area (Å²) in [5.41, 5.74) is 0.952. The molecular formula is C16H12KN5O4S. The third-order valence-electron chi connectivity index (χ3n) is 3.60. The van der Waals surface area contributed by atoms with E-state index in [2.05, 4.69) is 15.0 Å². The van der Waals surface area contributed by atoms with Gasteiger partial charge in [-0.2, -0.15) is 0 Å². The van der Waals surface area contributed by atoms with Gasteiger partial charge in [0.05, 0.1) is 23.0 Å². The second kappa shape index (κ2) is 8.60. The average molecular weight is 409 g/mol. The number of ether oxygens (including phenoxy) is 1. The maximum atomic E-state index is 11.5. The predicted molar refractivity (Wildman–Crippen MR) is 96.6 cm³/mol. The smallest absolute Gasteiger partial charge is 1.00 e. The number of aliphatic imine (C=N–C) groups is 2. The molecule has 3 heterocycles. The zero-order chi connectivity index (χ0) is 18.1. The summed E-state index contributed by atoms with van der Waals surface area (Å²) >= 11 is 1.28. The molecule has 0 saturated heterocycles. The molecule has 1 aromatic heterocycles. The van der Waals surface area contributed by atoms with Crippen LogP contribution in [0.4, 0.5) is 5.69 Å². The number of thioether (sulfide) groups is 1. The summed E-state index contributed by atoms with van der Waals surface area (Å²) in [4.78, 5) is 23.1. The van der Waals surface area contributed by atoms with Crippen LogP contribution in [0.1, 0.15) is 6.99 Å². The van der Waals surface area contributed by atoms with Crippen molar-refractivity contribution in [3.63, 3.8) is 0 Å². The van der Waals surface area contributed by atoms with Gasteiger partial charge >= 0.3 is 57.1 Å². The molecule has 0 bridgehead atoms. The van der Waals surface area contributed by atoms with Crippen molar-refractivity contribution in [3.05, 3.63) is 70.3 Å². The Hall–Kier alpha value is -1.60. The average Bonchev–Trinajstić information content (AvgIpc) is 3.08. The molecule has 0 aliphatic carbocycles. The van der Waals surface area contributed by atoms with E-state index in [4.69, 9.17) is 4.74 Å². The van der Waals surface area contributed by atoms with Gasteiger partial charge in [0.1, 0.15) is 17.1 Å². The SMILES string of the molecule is O=[N+]([O-])c1cc(C2=NC3=CN=CN(O)C3S2)ccc1Oc1cccnc1.[H-].[K+]. The first-order chi connectivity index (χ1) is 12.6. The van der Waals surface area contributed by atoms with Gasteiger partial charge in [0, 0.05) is 17.8 Å². The summed E-state index contributed by atoms with van der Waals surface area (Å²) in [5.74, 6) is 0.513. The first-order valence-electron chi connectivity index (χ1n) is 7.44. The van der Waals surface area contributed by atoms with E-state index < -0.39 is 10.3 Å². The molecule has 9 nitrogen and oxygen atoms in total. The molecule has 1 aromatic carbocycles. The standard InChI is InChI=1S/C16H11N5O4S.K.H/c22-20-9-18-8-12-16(20)26-15(19-12)10-3-4-14(13(6-10)21(23)24)25-11-2-1-5-17-7-11;;/h1-9,16,22H;;/q;+1;-1. The fourth-order valence-corrected chi connectivity index (χ4v) is 3.46. The third kappa shape index (κ3) is 4.29. The molecule has 132 valence electrons. The monoisotopic (exact) mass is 409 g/mol. The number of nitro groups is 1. The van der Waals surface area contributed by atoms with Crippen LogP contribution >= 0.6 is 11.8 Å². The van der Waals surface area contributed by atoms with E-state index in [0.717, 1.165) is 5.06 Å². The van der Waals surface area contributed by atoms with Crippen LogP contribution in [0.25, 0.3) is 0 Å². The van der Waals surface area contributed by atoms with Crippen LogP contribution < -0.4 is 56.1 Å². The Morgan fingerprint density at radius 2 is 2.22 bits per heavy atom.